The number of nitrogens with zero attached hydrogens (tertiary/aromatic N) is 1. The van der Waals surface area contributed by atoms with E-state index in [9.17, 15) is 14.9 Å². The van der Waals surface area contributed by atoms with Crippen molar-refractivity contribution in [2.75, 3.05) is 5.73 Å². The van der Waals surface area contributed by atoms with E-state index in [0.717, 1.165) is 0 Å². The van der Waals surface area contributed by atoms with Crippen LogP contribution in [0.2, 0.25) is 0 Å². The predicted octanol–water partition coefficient (Wildman–Crippen LogP) is 1.48. The molecule has 2 N–H and O–H groups in total. The second-order valence-electron chi connectivity index (χ2n) is 3.76. The predicted molar refractivity (Wildman–Crippen MR) is 62.2 cm³/mol. The number of hydrogen-bond acceptors (Lipinski definition) is 5. The van der Waals surface area contributed by atoms with Crippen LogP contribution in [0.5, 0.6) is 0 Å². The Kier molecular flexibility index (Phi) is 4.03. The highest BCUT2D eigenvalue weighted by atomic mass is 16.6. The number of nitrogens with two attached hydrogens (primary N) is 1. The van der Waals surface area contributed by atoms with E-state index < -0.39 is 23.0 Å². The summed E-state index contributed by atoms with van der Waals surface area (Å²) in [7, 11) is 0. The van der Waals surface area contributed by atoms with Gasteiger partial charge < -0.3 is 10.5 Å². The van der Waals surface area contributed by atoms with Crippen LogP contribution >= 0.6 is 0 Å². The maximum atomic E-state index is 11.6. The number of benzene rings is 1. The number of nitrogen functional groups attached to an aromatic ring is 1. The molecule has 0 radical (unpaired) electrons. The fourth-order valence-electron chi connectivity index (χ4n) is 1.13. The van der Waals surface area contributed by atoms with E-state index in [1.54, 1.807) is 12.1 Å². The standard InChI is InChI=1S/C11H14N2O4/c1-7(13(15)16)8(2)17-11(14)9-3-5-10(12)6-4-9/h3-8H,12H2,1-2H3. The SMILES string of the molecule is CC(OC(=O)c1ccc(N)cc1)C(C)[N+](=O)[O-]. The van der Waals surface area contributed by atoms with Crippen molar-refractivity contribution in [1.29, 1.82) is 0 Å². The highest BCUT2D eigenvalue weighted by Crippen LogP contribution is 2.10. The molecule has 0 aliphatic rings. The van der Waals surface area contributed by atoms with Crippen LogP contribution in [0.25, 0.3) is 0 Å². The maximum Gasteiger partial charge on any atom is 0.338 e. The van der Waals surface area contributed by atoms with Crippen LogP contribution < -0.4 is 5.73 Å². The molecular formula is C11H14N2O4. The third-order valence-corrected chi connectivity index (χ3v) is 2.45. The van der Waals surface area contributed by atoms with Gasteiger partial charge in [-0.25, -0.2) is 4.79 Å². The molecule has 1 rings (SSSR count). The molecule has 1 aromatic carbocycles. The lowest BCUT2D eigenvalue weighted by Crippen LogP contribution is -2.32. The van der Waals surface area contributed by atoms with Crippen molar-refractivity contribution in [3.05, 3.63) is 39.9 Å². The Morgan fingerprint density at radius 1 is 1.35 bits per heavy atom. The first-order chi connectivity index (χ1) is 7.91. The van der Waals surface area contributed by atoms with Gasteiger partial charge in [0.25, 0.3) is 0 Å². The summed E-state index contributed by atoms with van der Waals surface area (Å²) in [5.41, 5.74) is 6.33. The molecule has 0 saturated heterocycles. The highest BCUT2D eigenvalue weighted by molar-refractivity contribution is 5.89. The Morgan fingerprint density at radius 2 is 1.88 bits per heavy atom. The van der Waals surface area contributed by atoms with E-state index >= 15 is 0 Å². The summed E-state index contributed by atoms with van der Waals surface area (Å²) in [6.45, 7) is 2.88. The van der Waals surface area contributed by atoms with Crippen molar-refractivity contribution >= 4 is 11.7 Å². The Balaban J connectivity index is 2.66. The average molecular weight is 238 g/mol. The van der Waals surface area contributed by atoms with Gasteiger partial charge in [-0.3, -0.25) is 10.1 Å². The lowest BCUT2D eigenvalue weighted by molar-refractivity contribution is -0.528. The lowest BCUT2D eigenvalue weighted by Gasteiger charge is -2.14. The summed E-state index contributed by atoms with van der Waals surface area (Å²) in [5, 5.41) is 10.5. The molecule has 17 heavy (non-hydrogen) atoms. The van der Waals surface area contributed by atoms with E-state index in [4.69, 9.17) is 10.5 Å². The molecule has 0 amide bonds. The third kappa shape index (κ3) is 3.44. The van der Waals surface area contributed by atoms with E-state index in [1.165, 1.54) is 26.0 Å². The molecule has 0 spiro atoms. The lowest BCUT2D eigenvalue weighted by atomic mass is 10.2. The van der Waals surface area contributed by atoms with Gasteiger partial charge in [0.05, 0.1) is 5.56 Å². The van der Waals surface area contributed by atoms with Gasteiger partial charge >= 0.3 is 5.97 Å². The first-order valence-corrected chi connectivity index (χ1v) is 5.12. The van der Waals surface area contributed by atoms with Crippen LogP contribution in [-0.4, -0.2) is 23.0 Å². The molecule has 1 aromatic rings. The van der Waals surface area contributed by atoms with Crippen LogP contribution in [0.3, 0.4) is 0 Å². The van der Waals surface area contributed by atoms with Crippen LogP contribution in [0.4, 0.5) is 5.69 Å². The molecular weight excluding hydrogens is 224 g/mol. The normalized spacial score (nSPS) is 13.8. The van der Waals surface area contributed by atoms with E-state index in [1.807, 2.05) is 0 Å². The van der Waals surface area contributed by atoms with Gasteiger partial charge in [0.2, 0.25) is 6.04 Å². The monoisotopic (exact) mass is 238 g/mol. The van der Waals surface area contributed by atoms with Gasteiger partial charge in [0.1, 0.15) is 0 Å². The first-order valence-electron chi connectivity index (χ1n) is 5.12. The van der Waals surface area contributed by atoms with Crippen molar-refractivity contribution in [3.8, 4) is 0 Å². The van der Waals surface area contributed by atoms with Gasteiger partial charge in [0, 0.05) is 17.5 Å². The number of esters is 1. The van der Waals surface area contributed by atoms with Gasteiger partial charge in [-0.05, 0) is 31.2 Å². The number of rotatable bonds is 4. The molecule has 92 valence electrons. The number of carbonyl (C=O) groups excluding carboxylic acids is 1. The average Bonchev–Trinajstić information content (AvgIpc) is 2.28. The Hall–Kier alpha value is -2.11. The fraction of sp³-hybridized carbons (Fsp3) is 0.364. The minimum Gasteiger partial charge on any atom is -0.452 e. The largest absolute Gasteiger partial charge is 0.452 e. The minimum atomic E-state index is -0.937. The fourth-order valence-corrected chi connectivity index (χ4v) is 1.13. The van der Waals surface area contributed by atoms with Crippen LogP contribution in [-0.2, 0) is 4.74 Å². The Labute approximate surface area is 98.5 Å². The second-order valence-corrected chi connectivity index (χ2v) is 3.76. The van der Waals surface area contributed by atoms with Crippen molar-refractivity contribution in [2.45, 2.75) is 26.0 Å². The summed E-state index contributed by atoms with van der Waals surface area (Å²) >= 11 is 0. The van der Waals surface area contributed by atoms with Crippen molar-refractivity contribution in [2.24, 2.45) is 0 Å². The molecule has 6 nitrogen and oxygen atoms in total. The summed E-state index contributed by atoms with van der Waals surface area (Å²) in [6.07, 6.45) is -0.782. The van der Waals surface area contributed by atoms with Crippen molar-refractivity contribution in [3.63, 3.8) is 0 Å². The van der Waals surface area contributed by atoms with E-state index in [2.05, 4.69) is 0 Å². The molecule has 0 bridgehead atoms. The number of ether oxygens (including phenoxy) is 1. The quantitative estimate of drug-likeness (QED) is 0.371. The Morgan fingerprint density at radius 3 is 2.35 bits per heavy atom. The molecule has 0 saturated carbocycles. The number of hydrogen-bond donors (Lipinski definition) is 1. The van der Waals surface area contributed by atoms with Gasteiger partial charge in [-0.1, -0.05) is 0 Å². The third-order valence-electron chi connectivity index (χ3n) is 2.45. The number of nitro groups is 1. The van der Waals surface area contributed by atoms with E-state index in [-0.39, 0.29) is 0 Å². The molecule has 0 fully saturated rings. The van der Waals surface area contributed by atoms with Gasteiger partial charge in [-0.2, -0.15) is 0 Å². The highest BCUT2D eigenvalue weighted by Gasteiger charge is 2.26. The molecule has 0 aliphatic heterocycles. The molecule has 2 atom stereocenters. The number of anilines is 1. The first kappa shape index (κ1) is 13.0. The molecule has 0 aromatic heterocycles. The molecule has 0 heterocycles. The summed E-state index contributed by atoms with van der Waals surface area (Å²) in [5.74, 6) is -0.591. The van der Waals surface area contributed by atoms with Gasteiger partial charge in [0.15, 0.2) is 6.10 Å². The van der Waals surface area contributed by atoms with Crippen molar-refractivity contribution < 1.29 is 14.5 Å². The number of carbonyl (C=O) groups is 1. The zero-order chi connectivity index (χ0) is 13.0. The Bertz CT molecular complexity index is 416. The molecule has 2 unspecified atom stereocenters. The zero-order valence-corrected chi connectivity index (χ0v) is 9.62. The van der Waals surface area contributed by atoms with E-state index in [0.29, 0.717) is 11.3 Å². The zero-order valence-electron chi connectivity index (χ0n) is 9.62. The molecule has 6 heteroatoms. The summed E-state index contributed by atoms with van der Waals surface area (Å²) in [4.78, 5) is 21.6. The van der Waals surface area contributed by atoms with Crippen molar-refractivity contribution in [1.82, 2.24) is 0 Å². The molecule has 0 aliphatic carbocycles. The maximum absolute atomic E-state index is 11.6. The summed E-state index contributed by atoms with van der Waals surface area (Å²) in [6, 6.07) is 5.23. The van der Waals surface area contributed by atoms with Crippen LogP contribution in [0, 0.1) is 10.1 Å². The van der Waals surface area contributed by atoms with Gasteiger partial charge in [-0.15, -0.1) is 0 Å². The van der Waals surface area contributed by atoms with Crippen LogP contribution in [0.15, 0.2) is 24.3 Å². The minimum absolute atomic E-state index is 0.321. The summed E-state index contributed by atoms with van der Waals surface area (Å²) < 4.78 is 4.98. The topological polar surface area (TPSA) is 95.5 Å². The van der Waals surface area contributed by atoms with Crippen LogP contribution in [0.1, 0.15) is 24.2 Å². The second kappa shape index (κ2) is 5.29. The smallest absolute Gasteiger partial charge is 0.338 e.